The van der Waals surface area contributed by atoms with E-state index in [0.29, 0.717) is 5.41 Å². The Hall–Kier alpha value is -0.610. The lowest BCUT2D eigenvalue weighted by molar-refractivity contribution is 0.325. The topological polar surface area (TPSA) is 28.2 Å². The molecule has 2 fully saturated rings. The Balaban J connectivity index is 1.75. The minimum atomic E-state index is 0.498. The molecule has 1 aromatic heterocycles. The van der Waals surface area contributed by atoms with Crippen LogP contribution in [-0.2, 0) is 6.54 Å². The summed E-state index contributed by atoms with van der Waals surface area (Å²) < 4.78 is 0. The Labute approximate surface area is 133 Å². The van der Waals surface area contributed by atoms with Crippen molar-refractivity contribution in [3.05, 3.63) is 10.6 Å². The van der Waals surface area contributed by atoms with E-state index in [1.807, 2.05) is 11.3 Å². The van der Waals surface area contributed by atoms with Crippen molar-refractivity contribution >= 4 is 16.5 Å². The fourth-order valence-electron chi connectivity index (χ4n) is 3.14. The molecule has 1 aromatic rings. The zero-order chi connectivity index (χ0) is 14.9. The van der Waals surface area contributed by atoms with Crippen LogP contribution in [0.5, 0.6) is 0 Å². The molecule has 118 valence electrons. The van der Waals surface area contributed by atoms with Crippen LogP contribution < -0.4 is 10.2 Å². The van der Waals surface area contributed by atoms with Crippen LogP contribution in [0.3, 0.4) is 0 Å². The number of nitrogens with one attached hydrogen (secondary N) is 1. The summed E-state index contributed by atoms with van der Waals surface area (Å²) in [7, 11) is 0. The zero-order valence-electron chi connectivity index (χ0n) is 13.7. The van der Waals surface area contributed by atoms with Gasteiger partial charge >= 0.3 is 0 Å². The highest BCUT2D eigenvalue weighted by molar-refractivity contribution is 7.15. The van der Waals surface area contributed by atoms with Crippen molar-refractivity contribution < 1.29 is 0 Å². The molecule has 21 heavy (non-hydrogen) atoms. The minimum absolute atomic E-state index is 0.498. The molecule has 1 aliphatic heterocycles. The number of hydrogen-bond donors (Lipinski definition) is 1. The van der Waals surface area contributed by atoms with Crippen molar-refractivity contribution in [1.29, 1.82) is 0 Å². The number of aromatic nitrogens is 1. The van der Waals surface area contributed by atoms with E-state index in [-0.39, 0.29) is 0 Å². The normalized spacial score (nSPS) is 22.3. The monoisotopic (exact) mass is 307 g/mol. The minimum Gasteiger partial charge on any atom is -0.348 e. The van der Waals surface area contributed by atoms with E-state index in [1.54, 1.807) is 0 Å². The summed E-state index contributed by atoms with van der Waals surface area (Å²) in [6.07, 6.45) is 6.61. The first-order valence-electron chi connectivity index (χ1n) is 8.54. The van der Waals surface area contributed by atoms with Gasteiger partial charge < -0.3 is 10.2 Å². The van der Waals surface area contributed by atoms with Crippen LogP contribution in [-0.4, -0.2) is 24.6 Å². The fourth-order valence-corrected chi connectivity index (χ4v) is 4.31. The molecule has 4 heteroatoms. The molecule has 0 unspecified atom stereocenters. The molecule has 1 N–H and O–H groups in total. The summed E-state index contributed by atoms with van der Waals surface area (Å²) >= 11 is 1.94. The molecular weight excluding hydrogens is 278 g/mol. The van der Waals surface area contributed by atoms with Gasteiger partial charge in [-0.05, 0) is 44.1 Å². The van der Waals surface area contributed by atoms with Crippen LogP contribution in [0, 0.1) is 5.41 Å². The average molecular weight is 308 g/mol. The summed E-state index contributed by atoms with van der Waals surface area (Å²) in [6.45, 7) is 11.4. The van der Waals surface area contributed by atoms with Crippen LogP contribution in [0.1, 0.15) is 69.4 Å². The molecule has 0 spiro atoms. The van der Waals surface area contributed by atoms with E-state index in [1.165, 1.54) is 60.9 Å². The second kappa shape index (κ2) is 6.25. The smallest absolute Gasteiger partial charge is 0.185 e. The summed E-state index contributed by atoms with van der Waals surface area (Å²) in [5.74, 6) is 0.757. The Morgan fingerprint density at radius 2 is 2.10 bits per heavy atom. The van der Waals surface area contributed by atoms with Crippen molar-refractivity contribution in [3.63, 3.8) is 0 Å². The third kappa shape index (κ3) is 3.78. The largest absolute Gasteiger partial charge is 0.348 e. The van der Waals surface area contributed by atoms with E-state index >= 15 is 0 Å². The van der Waals surface area contributed by atoms with Crippen LogP contribution in [0.15, 0.2) is 0 Å². The van der Waals surface area contributed by atoms with Crippen molar-refractivity contribution in [2.24, 2.45) is 5.41 Å². The SMILES string of the molecule is CCNCc1sc(N2CCCC(C)(C)CC2)nc1C1CC1. The predicted octanol–water partition coefficient (Wildman–Crippen LogP) is 4.15. The van der Waals surface area contributed by atoms with Crippen LogP contribution in [0.2, 0.25) is 0 Å². The number of hydrogen-bond acceptors (Lipinski definition) is 4. The van der Waals surface area contributed by atoms with Gasteiger partial charge in [0.15, 0.2) is 5.13 Å². The lowest BCUT2D eigenvalue weighted by Crippen LogP contribution is -2.24. The Morgan fingerprint density at radius 1 is 1.29 bits per heavy atom. The summed E-state index contributed by atoms with van der Waals surface area (Å²) in [4.78, 5) is 9.07. The van der Waals surface area contributed by atoms with Gasteiger partial charge in [0.05, 0.1) is 5.69 Å². The Morgan fingerprint density at radius 3 is 2.81 bits per heavy atom. The molecule has 0 amide bonds. The second-order valence-corrected chi connectivity index (χ2v) is 8.43. The van der Waals surface area contributed by atoms with Gasteiger partial charge in [0.25, 0.3) is 0 Å². The second-order valence-electron chi connectivity index (χ2n) is 7.36. The van der Waals surface area contributed by atoms with Crippen molar-refractivity contribution in [3.8, 4) is 0 Å². The standard InChI is InChI=1S/C17H29N3S/c1-4-18-12-14-15(13-6-7-13)19-16(21-14)20-10-5-8-17(2,3)9-11-20/h13,18H,4-12H2,1-3H3. The van der Waals surface area contributed by atoms with Crippen molar-refractivity contribution in [1.82, 2.24) is 10.3 Å². The molecular formula is C17H29N3S. The van der Waals surface area contributed by atoms with E-state index in [0.717, 1.165) is 19.0 Å². The van der Waals surface area contributed by atoms with Crippen molar-refractivity contribution in [2.45, 2.75) is 65.3 Å². The molecule has 1 saturated carbocycles. The third-order valence-corrected chi connectivity index (χ3v) is 5.96. The highest BCUT2D eigenvalue weighted by atomic mass is 32.1. The molecule has 1 saturated heterocycles. The van der Waals surface area contributed by atoms with Gasteiger partial charge in [0, 0.05) is 30.4 Å². The molecule has 0 radical (unpaired) electrons. The van der Waals surface area contributed by atoms with E-state index in [9.17, 15) is 0 Å². The van der Waals surface area contributed by atoms with Gasteiger partial charge in [0.2, 0.25) is 0 Å². The van der Waals surface area contributed by atoms with Gasteiger partial charge in [-0.1, -0.05) is 20.8 Å². The van der Waals surface area contributed by atoms with E-state index < -0.39 is 0 Å². The first-order valence-corrected chi connectivity index (χ1v) is 9.36. The molecule has 0 aromatic carbocycles. The summed E-state index contributed by atoms with van der Waals surface area (Å²) in [5.41, 5.74) is 1.90. The Bertz CT molecular complexity index is 476. The van der Waals surface area contributed by atoms with Crippen LogP contribution in [0.25, 0.3) is 0 Å². The molecule has 2 heterocycles. The highest BCUT2D eigenvalue weighted by Gasteiger charge is 2.31. The molecule has 0 atom stereocenters. The first kappa shape index (κ1) is 15.3. The summed E-state index contributed by atoms with van der Waals surface area (Å²) in [5, 5.41) is 4.76. The highest BCUT2D eigenvalue weighted by Crippen LogP contribution is 2.44. The lowest BCUT2D eigenvalue weighted by atomic mass is 9.85. The molecule has 3 rings (SSSR count). The van der Waals surface area contributed by atoms with Gasteiger partial charge in [-0.15, -0.1) is 11.3 Å². The number of nitrogens with zero attached hydrogens (tertiary/aromatic N) is 2. The lowest BCUT2D eigenvalue weighted by Gasteiger charge is -2.22. The van der Waals surface area contributed by atoms with E-state index in [4.69, 9.17) is 4.98 Å². The quantitative estimate of drug-likeness (QED) is 0.886. The molecule has 0 bridgehead atoms. The maximum atomic E-state index is 5.04. The van der Waals surface area contributed by atoms with Gasteiger partial charge in [-0.25, -0.2) is 4.98 Å². The van der Waals surface area contributed by atoms with Gasteiger partial charge in [0.1, 0.15) is 0 Å². The van der Waals surface area contributed by atoms with Gasteiger partial charge in [-0.2, -0.15) is 0 Å². The average Bonchev–Trinajstić information content (AvgIpc) is 3.23. The Kier molecular flexibility index (Phi) is 4.55. The maximum Gasteiger partial charge on any atom is 0.185 e. The van der Waals surface area contributed by atoms with Gasteiger partial charge in [-0.3, -0.25) is 0 Å². The fraction of sp³-hybridized carbons (Fsp3) is 0.824. The molecule has 2 aliphatic rings. The predicted molar refractivity (Wildman–Crippen MR) is 91.3 cm³/mol. The molecule has 1 aliphatic carbocycles. The summed E-state index contributed by atoms with van der Waals surface area (Å²) in [6, 6.07) is 0. The third-order valence-electron chi connectivity index (χ3n) is 4.83. The van der Waals surface area contributed by atoms with Crippen LogP contribution >= 0.6 is 11.3 Å². The first-order chi connectivity index (χ1) is 10.1. The van der Waals surface area contributed by atoms with E-state index in [2.05, 4.69) is 31.0 Å². The number of thiazole rings is 1. The molecule has 3 nitrogen and oxygen atoms in total. The van der Waals surface area contributed by atoms with Crippen LogP contribution in [0.4, 0.5) is 5.13 Å². The number of rotatable bonds is 5. The maximum absolute atomic E-state index is 5.04. The van der Waals surface area contributed by atoms with Crippen molar-refractivity contribution in [2.75, 3.05) is 24.5 Å². The number of anilines is 1. The zero-order valence-corrected chi connectivity index (χ0v) is 14.6.